The average molecular weight is 298 g/mol. The van der Waals surface area contributed by atoms with Crippen LogP contribution in [0.1, 0.15) is 17.4 Å². The lowest BCUT2D eigenvalue weighted by molar-refractivity contribution is 0.0519. The Bertz CT molecular complexity index is 662. The van der Waals surface area contributed by atoms with Crippen molar-refractivity contribution in [2.45, 2.75) is 6.92 Å². The number of halogens is 3. The molecule has 110 valence electrons. The highest BCUT2D eigenvalue weighted by Crippen LogP contribution is 2.25. The number of esters is 1. The summed E-state index contributed by atoms with van der Waals surface area (Å²) in [6.45, 7) is 1.81. The van der Waals surface area contributed by atoms with E-state index < -0.39 is 29.2 Å². The normalized spacial score (nSPS) is 10.3. The van der Waals surface area contributed by atoms with Crippen LogP contribution >= 0.6 is 0 Å². The quantitative estimate of drug-likeness (QED) is 0.641. The molecular weight excluding hydrogens is 289 g/mol. The summed E-state index contributed by atoms with van der Waals surface area (Å²) < 4.78 is 48.8. The topological polar surface area (TPSA) is 61.3 Å². The number of carbonyl (C=O) groups is 1. The molecule has 0 amide bonds. The summed E-state index contributed by atoms with van der Waals surface area (Å²) in [6, 6.07) is 1.63. The minimum atomic E-state index is -1.65. The first-order chi connectivity index (χ1) is 10.0. The number of benzene rings is 1. The summed E-state index contributed by atoms with van der Waals surface area (Å²) >= 11 is 0. The van der Waals surface area contributed by atoms with Crippen LogP contribution < -0.4 is 4.74 Å². The van der Waals surface area contributed by atoms with Crippen LogP contribution in [0.5, 0.6) is 11.6 Å². The molecule has 0 atom stereocenters. The molecule has 5 nitrogen and oxygen atoms in total. The van der Waals surface area contributed by atoms with Gasteiger partial charge in [-0.15, -0.1) is 0 Å². The largest absolute Gasteiger partial charge is 0.461 e. The molecule has 0 spiro atoms. The third-order valence-electron chi connectivity index (χ3n) is 2.33. The SMILES string of the molecule is CCOC(=O)c1cnc(Oc2ccc(F)c(F)c2F)cn1. The molecule has 0 radical (unpaired) electrons. The smallest absolute Gasteiger partial charge is 0.358 e. The fourth-order valence-corrected chi connectivity index (χ4v) is 1.38. The molecule has 2 aromatic rings. The Morgan fingerprint density at radius 1 is 1.14 bits per heavy atom. The van der Waals surface area contributed by atoms with Crippen molar-refractivity contribution < 1.29 is 27.4 Å². The van der Waals surface area contributed by atoms with Gasteiger partial charge in [-0.3, -0.25) is 0 Å². The summed E-state index contributed by atoms with van der Waals surface area (Å²) in [5.74, 6) is -5.87. The predicted molar refractivity (Wildman–Crippen MR) is 64.4 cm³/mol. The Balaban J connectivity index is 2.17. The van der Waals surface area contributed by atoms with E-state index in [9.17, 15) is 18.0 Å². The molecule has 21 heavy (non-hydrogen) atoms. The van der Waals surface area contributed by atoms with Gasteiger partial charge in [0, 0.05) is 0 Å². The highest BCUT2D eigenvalue weighted by Gasteiger charge is 2.16. The highest BCUT2D eigenvalue weighted by atomic mass is 19.2. The van der Waals surface area contributed by atoms with Crippen molar-refractivity contribution in [3.63, 3.8) is 0 Å². The van der Waals surface area contributed by atoms with Gasteiger partial charge in [0.15, 0.2) is 23.1 Å². The van der Waals surface area contributed by atoms with Crippen molar-refractivity contribution >= 4 is 5.97 Å². The molecule has 2 rings (SSSR count). The summed E-state index contributed by atoms with van der Waals surface area (Å²) in [4.78, 5) is 18.7. The van der Waals surface area contributed by atoms with Crippen molar-refractivity contribution in [3.05, 3.63) is 47.7 Å². The number of hydrogen-bond donors (Lipinski definition) is 0. The monoisotopic (exact) mass is 298 g/mol. The molecule has 0 fully saturated rings. The van der Waals surface area contributed by atoms with Crippen molar-refractivity contribution in [3.8, 4) is 11.6 Å². The third-order valence-corrected chi connectivity index (χ3v) is 2.33. The van der Waals surface area contributed by atoms with Crippen molar-refractivity contribution in [2.24, 2.45) is 0 Å². The van der Waals surface area contributed by atoms with Gasteiger partial charge < -0.3 is 9.47 Å². The molecule has 8 heteroatoms. The van der Waals surface area contributed by atoms with Crippen LogP contribution in [-0.2, 0) is 4.74 Å². The predicted octanol–water partition coefficient (Wildman–Crippen LogP) is 2.86. The van der Waals surface area contributed by atoms with E-state index in [0.717, 1.165) is 18.5 Å². The van der Waals surface area contributed by atoms with Crippen LogP contribution in [-0.4, -0.2) is 22.5 Å². The van der Waals surface area contributed by atoms with E-state index in [4.69, 9.17) is 9.47 Å². The van der Waals surface area contributed by atoms with Gasteiger partial charge in [-0.05, 0) is 19.1 Å². The molecule has 0 aliphatic carbocycles. The standard InChI is InChI=1S/C13H9F3N2O3/c1-2-20-13(19)8-5-18-10(6-17-8)21-9-4-3-7(14)11(15)12(9)16/h3-6H,2H2,1H3. The Morgan fingerprint density at radius 2 is 1.90 bits per heavy atom. The Hall–Kier alpha value is -2.64. The molecule has 0 aliphatic rings. The molecule has 1 aromatic carbocycles. The zero-order valence-electron chi connectivity index (χ0n) is 10.8. The average Bonchev–Trinajstić information content (AvgIpc) is 2.49. The number of hydrogen-bond acceptors (Lipinski definition) is 5. The maximum atomic E-state index is 13.4. The fraction of sp³-hybridized carbons (Fsp3) is 0.154. The van der Waals surface area contributed by atoms with E-state index in [-0.39, 0.29) is 18.2 Å². The summed E-state index contributed by atoms with van der Waals surface area (Å²) in [6.07, 6.45) is 2.10. The third kappa shape index (κ3) is 3.28. The van der Waals surface area contributed by atoms with Gasteiger partial charge in [0.05, 0.1) is 19.0 Å². The lowest BCUT2D eigenvalue weighted by atomic mass is 10.3. The molecule has 1 aromatic heterocycles. The molecule has 0 bridgehead atoms. The van der Waals surface area contributed by atoms with Crippen LogP contribution in [0.15, 0.2) is 24.5 Å². The van der Waals surface area contributed by atoms with Crippen LogP contribution in [0.2, 0.25) is 0 Å². The summed E-state index contributed by atoms with van der Waals surface area (Å²) in [5, 5.41) is 0. The van der Waals surface area contributed by atoms with Crippen LogP contribution in [0.4, 0.5) is 13.2 Å². The van der Waals surface area contributed by atoms with Gasteiger partial charge >= 0.3 is 5.97 Å². The first kappa shape index (κ1) is 14.8. The van der Waals surface area contributed by atoms with Gasteiger partial charge in [0.2, 0.25) is 11.7 Å². The number of ether oxygens (including phenoxy) is 2. The zero-order valence-corrected chi connectivity index (χ0v) is 10.8. The Morgan fingerprint density at radius 3 is 2.52 bits per heavy atom. The van der Waals surface area contributed by atoms with Crippen molar-refractivity contribution in [1.29, 1.82) is 0 Å². The lowest BCUT2D eigenvalue weighted by Crippen LogP contribution is -2.07. The number of aromatic nitrogens is 2. The minimum Gasteiger partial charge on any atom is -0.461 e. The number of rotatable bonds is 4. The number of carbonyl (C=O) groups excluding carboxylic acids is 1. The maximum Gasteiger partial charge on any atom is 0.358 e. The lowest BCUT2D eigenvalue weighted by Gasteiger charge is -2.06. The van der Waals surface area contributed by atoms with E-state index in [1.165, 1.54) is 0 Å². The van der Waals surface area contributed by atoms with Crippen LogP contribution in [0.3, 0.4) is 0 Å². The van der Waals surface area contributed by atoms with Gasteiger partial charge in [-0.25, -0.2) is 23.5 Å². The fourth-order valence-electron chi connectivity index (χ4n) is 1.38. The van der Waals surface area contributed by atoms with E-state index in [1.54, 1.807) is 6.92 Å². The number of nitrogens with zero attached hydrogens (tertiary/aromatic N) is 2. The van der Waals surface area contributed by atoms with E-state index in [2.05, 4.69) is 9.97 Å². The summed E-state index contributed by atoms with van der Waals surface area (Å²) in [7, 11) is 0. The van der Waals surface area contributed by atoms with Crippen LogP contribution in [0, 0.1) is 17.5 Å². The second-order valence-electron chi connectivity index (χ2n) is 3.74. The Kier molecular flexibility index (Phi) is 4.36. The van der Waals surface area contributed by atoms with Crippen LogP contribution in [0.25, 0.3) is 0 Å². The first-order valence-corrected chi connectivity index (χ1v) is 5.83. The van der Waals surface area contributed by atoms with E-state index in [0.29, 0.717) is 6.07 Å². The second-order valence-corrected chi connectivity index (χ2v) is 3.74. The first-order valence-electron chi connectivity index (χ1n) is 5.83. The molecule has 0 aliphatic heterocycles. The van der Waals surface area contributed by atoms with Gasteiger partial charge in [-0.2, -0.15) is 4.39 Å². The maximum absolute atomic E-state index is 13.4. The minimum absolute atomic E-state index is 0.0602. The molecule has 1 heterocycles. The van der Waals surface area contributed by atoms with Gasteiger partial charge in [-0.1, -0.05) is 0 Å². The van der Waals surface area contributed by atoms with Crippen molar-refractivity contribution in [2.75, 3.05) is 6.61 Å². The highest BCUT2D eigenvalue weighted by molar-refractivity contribution is 5.86. The molecule has 0 saturated carbocycles. The van der Waals surface area contributed by atoms with E-state index >= 15 is 0 Å². The zero-order chi connectivity index (χ0) is 15.4. The second kappa shape index (κ2) is 6.21. The van der Waals surface area contributed by atoms with Crippen molar-refractivity contribution in [1.82, 2.24) is 9.97 Å². The van der Waals surface area contributed by atoms with Gasteiger partial charge in [0.25, 0.3) is 0 Å². The Labute approximate surface area is 117 Å². The molecule has 0 saturated heterocycles. The van der Waals surface area contributed by atoms with E-state index in [1.807, 2.05) is 0 Å². The van der Waals surface area contributed by atoms with Gasteiger partial charge in [0.1, 0.15) is 0 Å². The molecule has 0 unspecified atom stereocenters. The molecule has 0 N–H and O–H groups in total. The summed E-state index contributed by atoms with van der Waals surface area (Å²) in [5.41, 5.74) is -0.0602. The molecular formula is C13H9F3N2O3.